The number of oxime groups is 1. The van der Waals surface area contributed by atoms with Gasteiger partial charge in [-0.15, -0.1) is 0 Å². The van der Waals surface area contributed by atoms with E-state index in [1.807, 2.05) is 0 Å². The van der Waals surface area contributed by atoms with Gasteiger partial charge in [0.05, 0.1) is 17.9 Å². The number of carboxylic acids is 1. The minimum Gasteiger partial charge on any atom is -0.491 e. The fourth-order valence-corrected chi connectivity index (χ4v) is 4.11. The molecule has 0 bridgehead atoms. The van der Waals surface area contributed by atoms with E-state index in [4.69, 9.17) is 9.84 Å². The van der Waals surface area contributed by atoms with Crippen molar-refractivity contribution in [2.75, 3.05) is 6.61 Å². The van der Waals surface area contributed by atoms with E-state index in [2.05, 4.69) is 5.16 Å². The van der Waals surface area contributed by atoms with Crippen molar-refractivity contribution in [2.45, 2.75) is 70.0 Å². The zero-order chi connectivity index (χ0) is 21.9. The first-order chi connectivity index (χ1) is 14.4. The third kappa shape index (κ3) is 7.91. The molecule has 4 N–H and O–H groups in total. The Bertz CT molecular complexity index is 681. The Hall–Kier alpha value is -2.19. The summed E-state index contributed by atoms with van der Waals surface area (Å²) < 4.78 is 18.4. The summed E-state index contributed by atoms with van der Waals surface area (Å²) in [6.45, 7) is 0.0702. The number of halogens is 1. The SMILES string of the molecule is O=C(O)CCCCCC[C@H]1[C@@H](O)C/C(=N/O)[C@@H]1CC[C@@H](O)COc1ccc(F)cc1. The standard InChI is InChI=1S/C22H32FNO6/c23-15-7-10-17(11-8-15)30-14-16(25)9-12-18-19(21(26)13-20(18)24-29)5-3-1-2-4-6-22(27)28/h7-8,10-11,16,18-19,21,25-26,29H,1-6,9,12-14H2,(H,27,28)/b24-20-/t16-,18-,19-,21+/m1/s1. The second-order valence-corrected chi connectivity index (χ2v) is 7.98. The molecule has 168 valence electrons. The maximum absolute atomic E-state index is 12.9. The highest BCUT2D eigenvalue weighted by Crippen LogP contribution is 2.37. The normalized spacial score (nSPS) is 23.6. The monoisotopic (exact) mass is 425 g/mol. The van der Waals surface area contributed by atoms with E-state index in [0.717, 1.165) is 25.7 Å². The Morgan fingerprint density at radius 3 is 2.53 bits per heavy atom. The summed E-state index contributed by atoms with van der Waals surface area (Å²) in [6, 6.07) is 5.58. The van der Waals surface area contributed by atoms with Crippen LogP contribution in [0.15, 0.2) is 29.4 Å². The number of aliphatic hydroxyl groups is 2. The van der Waals surface area contributed by atoms with Crippen molar-refractivity contribution in [3.63, 3.8) is 0 Å². The molecule has 0 aromatic heterocycles. The molecular formula is C22H32FNO6. The Morgan fingerprint density at radius 1 is 1.17 bits per heavy atom. The van der Waals surface area contributed by atoms with Crippen molar-refractivity contribution < 1.29 is 34.4 Å². The minimum absolute atomic E-state index is 0.0411. The highest BCUT2D eigenvalue weighted by Gasteiger charge is 2.39. The van der Waals surface area contributed by atoms with Crippen LogP contribution < -0.4 is 4.74 Å². The van der Waals surface area contributed by atoms with Crippen molar-refractivity contribution in [3.8, 4) is 5.75 Å². The molecule has 4 atom stereocenters. The van der Waals surface area contributed by atoms with E-state index < -0.39 is 18.2 Å². The fourth-order valence-electron chi connectivity index (χ4n) is 4.11. The number of ether oxygens (including phenoxy) is 1. The number of aliphatic carboxylic acids is 1. The van der Waals surface area contributed by atoms with Crippen LogP contribution >= 0.6 is 0 Å². The molecule has 1 saturated carbocycles. The number of aliphatic hydroxyl groups excluding tert-OH is 2. The quantitative estimate of drug-likeness (QED) is 0.218. The molecule has 1 aliphatic rings. The Morgan fingerprint density at radius 2 is 1.87 bits per heavy atom. The molecule has 0 heterocycles. The van der Waals surface area contributed by atoms with Crippen LogP contribution in [0.25, 0.3) is 0 Å². The van der Waals surface area contributed by atoms with Gasteiger partial charge in [0.25, 0.3) is 0 Å². The summed E-state index contributed by atoms with van der Waals surface area (Å²) in [5.74, 6) is -0.811. The Labute approximate surface area is 176 Å². The molecule has 7 nitrogen and oxygen atoms in total. The first kappa shape index (κ1) is 24.1. The van der Waals surface area contributed by atoms with Gasteiger partial charge in [-0.25, -0.2) is 4.39 Å². The van der Waals surface area contributed by atoms with Crippen LogP contribution in [-0.4, -0.2) is 51.0 Å². The average Bonchev–Trinajstić information content (AvgIpc) is 3.03. The second-order valence-electron chi connectivity index (χ2n) is 7.98. The molecule has 1 aromatic rings. The third-order valence-electron chi connectivity index (χ3n) is 5.73. The Balaban J connectivity index is 1.76. The molecule has 0 saturated heterocycles. The zero-order valence-corrected chi connectivity index (χ0v) is 17.1. The van der Waals surface area contributed by atoms with Crippen molar-refractivity contribution in [1.82, 2.24) is 0 Å². The van der Waals surface area contributed by atoms with Gasteiger partial charge in [0.2, 0.25) is 0 Å². The van der Waals surface area contributed by atoms with Crippen LogP contribution in [0.3, 0.4) is 0 Å². The number of hydrogen-bond donors (Lipinski definition) is 4. The topological polar surface area (TPSA) is 120 Å². The van der Waals surface area contributed by atoms with Gasteiger partial charge < -0.3 is 25.3 Å². The van der Waals surface area contributed by atoms with Crippen molar-refractivity contribution in [3.05, 3.63) is 30.1 Å². The van der Waals surface area contributed by atoms with E-state index in [1.54, 1.807) is 0 Å². The van der Waals surface area contributed by atoms with Gasteiger partial charge in [-0.2, -0.15) is 0 Å². The van der Waals surface area contributed by atoms with Gasteiger partial charge in [0.15, 0.2) is 0 Å². The smallest absolute Gasteiger partial charge is 0.303 e. The molecular weight excluding hydrogens is 393 g/mol. The highest BCUT2D eigenvalue weighted by atomic mass is 19.1. The van der Waals surface area contributed by atoms with Crippen molar-refractivity contribution in [2.24, 2.45) is 17.0 Å². The molecule has 2 rings (SSSR count). The molecule has 1 fully saturated rings. The lowest BCUT2D eigenvalue weighted by atomic mass is 9.85. The van der Waals surface area contributed by atoms with E-state index in [9.17, 15) is 24.6 Å². The highest BCUT2D eigenvalue weighted by molar-refractivity contribution is 5.89. The van der Waals surface area contributed by atoms with Crippen molar-refractivity contribution in [1.29, 1.82) is 0 Å². The number of benzene rings is 1. The van der Waals surface area contributed by atoms with Crippen LogP contribution in [-0.2, 0) is 4.79 Å². The predicted octanol–water partition coefficient (Wildman–Crippen LogP) is 3.60. The van der Waals surface area contributed by atoms with E-state index in [1.165, 1.54) is 24.3 Å². The number of nitrogens with zero attached hydrogens (tertiary/aromatic N) is 1. The molecule has 1 aliphatic carbocycles. The summed E-state index contributed by atoms with van der Waals surface area (Å²) in [6.07, 6.45) is 4.18. The fraction of sp³-hybridized carbons (Fsp3) is 0.636. The van der Waals surface area contributed by atoms with Crippen molar-refractivity contribution >= 4 is 11.7 Å². The number of hydrogen-bond acceptors (Lipinski definition) is 6. The van der Waals surface area contributed by atoms with E-state index in [-0.39, 0.29) is 30.7 Å². The maximum atomic E-state index is 12.9. The summed E-state index contributed by atoms with van der Waals surface area (Å²) in [5.41, 5.74) is 0.560. The number of rotatable bonds is 13. The number of unbranched alkanes of at least 4 members (excludes halogenated alkanes) is 3. The molecule has 0 radical (unpaired) electrons. The number of carboxylic acid groups (broad SMARTS) is 1. The molecule has 0 spiro atoms. The third-order valence-corrected chi connectivity index (χ3v) is 5.73. The first-order valence-corrected chi connectivity index (χ1v) is 10.6. The lowest BCUT2D eigenvalue weighted by Crippen LogP contribution is -2.24. The minimum atomic E-state index is -0.785. The van der Waals surface area contributed by atoms with Crippen LogP contribution in [0.5, 0.6) is 5.75 Å². The van der Waals surface area contributed by atoms with Crippen LogP contribution in [0.2, 0.25) is 0 Å². The summed E-state index contributed by atoms with van der Waals surface area (Å²) in [7, 11) is 0. The number of carbonyl (C=O) groups is 1. The van der Waals surface area contributed by atoms with Gasteiger partial charge in [0, 0.05) is 18.8 Å². The van der Waals surface area contributed by atoms with Gasteiger partial charge >= 0.3 is 5.97 Å². The zero-order valence-electron chi connectivity index (χ0n) is 17.1. The predicted molar refractivity (Wildman–Crippen MR) is 109 cm³/mol. The lowest BCUT2D eigenvalue weighted by molar-refractivity contribution is -0.137. The lowest BCUT2D eigenvalue weighted by Gasteiger charge is -2.23. The summed E-state index contributed by atoms with van der Waals surface area (Å²) in [5, 5.41) is 42.0. The molecule has 0 aliphatic heterocycles. The summed E-state index contributed by atoms with van der Waals surface area (Å²) >= 11 is 0. The second kappa shape index (κ2) is 12.5. The average molecular weight is 425 g/mol. The molecule has 0 unspecified atom stereocenters. The van der Waals surface area contributed by atoms with Gasteiger partial charge in [-0.1, -0.05) is 24.4 Å². The Kier molecular flexibility index (Phi) is 10.0. The van der Waals surface area contributed by atoms with E-state index >= 15 is 0 Å². The largest absolute Gasteiger partial charge is 0.491 e. The first-order valence-electron chi connectivity index (χ1n) is 10.6. The van der Waals surface area contributed by atoms with Gasteiger partial charge in [0.1, 0.15) is 18.2 Å². The molecule has 1 aromatic carbocycles. The molecule has 30 heavy (non-hydrogen) atoms. The van der Waals surface area contributed by atoms with E-state index in [0.29, 0.717) is 37.1 Å². The van der Waals surface area contributed by atoms with Gasteiger partial charge in [-0.3, -0.25) is 4.79 Å². The maximum Gasteiger partial charge on any atom is 0.303 e. The summed E-state index contributed by atoms with van der Waals surface area (Å²) in [4.78, 5) is 10.5. The molecule has 0 amide bonds. The molecule has 8 heteroatoms. The van der Waals surface area contributed by atoms with Crippen LogP contribution in [0, 0.1) is 17.7 Å². The van der Waals surface area contributed by atoms with Gasteiger partial charge in [-0.05, 0) is 55.9 Å². The van der Waals surface area contributed by atoms with Crippen LogP contribution in [0.4, 0.5) is 4.39 Å². The van der Waals surface area contributed by atoms with Crippen LogP contribution in [0.1, 0.15) is 57.8 Å².